The molecule has 0 saturated heterocycles. The van der Waals surface area contributed by atoms with Gasteiger partial charge in [0.1, 0.15) is 23.2 Å². The van der Waals surface area contributed by atoms with Crippen LogP contribution < -0.4 is 0 Å². The molecule has 1 aliphatic rings. The lowest BCUT2D eigenvalue weighted by molar-refractivity contribution is -0.141. The van der Waals surface area contributed by atoms with Gasteiger partial charge in [-0.05, 0) is 66.7 Å². The molecule has 0 atom stereocenters. The number of pyridine rings is 1. The predicted octanol–water partition coefficient (Wildman–Crippen LogP) is 6.35. The zero-order valence-electron chi connectivity index (χ0n) is 18.6. The molecule has 3 rings (SSSR count). The van der Waals surface area contributed by atoms with Crippen molar-refractivity contribution in [3.8, 4) is 0 Å². The molecule has 0 bridgehead atoms. The number of carbonyl (C=O) groups is 2. The Kier molecular flexibility index (Phi) is 7.80. The number of carbonyl (C=O) groups excluding carboxylic acids is 2. The molecule has 1 aliphatic carbocycles. The number of aryl methyl sites for hydroxylation is 3. The fourth-order valence-electron chi connectivity index (χ4n) is 4.47. The van der Waals surface area contributed by atoms with Crippen molar-refractivity contribution in [2.45, 2.75) is 69.9 Å². The van der Waals surface area contributed by atoms with Crippen LogP contribution in [0.4, 0.5) is 13.2 Å². The number of aromatic nitrogens is 1. The van der Waals surface area contributed by atoms with E-state index >= 15 is 0 Å². The fraction of sp³-hybridized carbons (Fsp3) is 0.480. The Morgan fingerprint density at radius 1 is 1.03 bits per heavy atom. The second-order valence-electron chi connectivity index (χ2n) is 8.36. The van der Waals surface area contributed by atoms with E-state index in [-0.39, 0.29) is 17.5 Å². The number of ketones is 2. The Hall–Kier alpha value is -2.15. The van der Waals surface area contributed by atoms with Crippen LogP contribution in [-0.2, 0) is 28.6 Å². The van der Waals surface area contributed by atoms with E-state index in [0.29, 0.717) is 29.9 Å². The molecule has 1 heterocycles. The van der Waals surface area contributed by atoms with E-state index < -0.39 is 17.8 Å². The summed E-state index contributed by atoms with van der Waals surface area (Å²) in [4.78, 5) is 30.2. The molecule has 1 aromatic heterocycles. The average molecular weight is 464 g/mol. The van der Waals surface area contributed by atoms with Gasteiger partial charge in [-0.15, -0.1) is 11.8 Å². The summed E-state index contributed by atoms with van der Waals surface area (Å²) in [6.45, 7) is 6.13. The molecule has 3 nitrogen and oxygen atoms in total. The molecule has 1 aromatic carbocycles. The van der Waals surface area contributed by atoms with Gasteiger partial charge in [0.25, 0.3) is 0 Å². The second kappa shape index (κ2) is 10.2. The van der Waals surface area contributed by atoms with Crippen LogP contribution in [0.5, 0.6) is 0 Å². The fourth-order valence-corrected chi connectivity index (χ4v) is 5.45. The van der Waals surface area contributed by atoms with Gasteiger partial charge < -0.3 is 0 Å². The number of nitrogens with zero attached hydrogens (tertiary/aromatic N) is 1. The summed E-state index contributed by atoms with van der Waals surface area (Å²) < 4.78 is 37.9. The zero-order valence-corrected chi connectivity index (χ0v) is 19.4. The lowest BCUT2D eigenvalue weighted by Gasteiger charge is -2.29. The summed E-state index contributed by atoms with van der Waals surface area (Å²) >= 11 is 1.39. The van der Waals surface area contributed by atoms with Gasteiger partial charge >= 0.3 is 6.18 Å². The molecule has 172 valence electrons. The largest absolute Gasteiger partial charge is 0.433 e. The van der Waals surface area contributed by atoms with E-state index in [4.69, 9.17) is 0 Å². The van der Waals surface area contributed by atoms with Crippen molar-refractivity contribution in [1.82, 2.24) is 4.98 Å². The van der Waals surface area contributed by atoms with Crippen molar-refractivity contribution < 1.29 is 22.8 Å². The molecule has 32 heavy (non-hydrogen) atoms. The quantitative estimate of drug-likeness (QED) is 0.355. The number of rotatable bonds is 7. The monoisotopic (exact) mass is 463 g/mol. The first kappa shape index (κ1) is 24.5. The first-order valence-corrected chi connectivity index (χ1v) is 12.0. The highest BCUT2D eigenvalue weighted by Crippen LogP contribution is 2.37. The van der Waals surface area contributed by atoms with Crippen molar-refractivity contribution >= 4 is 23.3 Å². The number of hydrogen-bond donors (Lipinski definition) is 0. The van der Waals surface area contributed by atoms with Crippen molar-refractivity contribution in [2.75, 3.05) is 5.75 Å². The van der Waals surface area contributed by atoms with Crippen molar-refractivity contribution in [1.29, 1.82) is 0 Å². The molecule has 0 unspecified atom stereocenters. The van der Waals surface area contributed by atoms with E-state index in [0.717, 1.165) is 41.2 Å². The molecule has 0 aliphatic heterocycles. The van der Waals surface area contributed by atoms with Gasteiger partial charge in [-0.25, -0.2) is 0 Å². The molecule has 0 amide bonds. The number of alkyl halides is 3. The number of halogens is 3. The van der Waals surface area contributed by atoms with Gasteiger partial charge in [-0.2, -0.15) is 13.2 Å². The first-order valence-electron chi connectivity index (χ1n) is 11.0. The first-order chi connectivity index (χ1) is 15.1. The van der Waals surface area contributed by atoms with Crippen molar-refractivity contribution in [3.63, 3.8) is 0 Å². The molecule has 0 N–H and O–H groups in total. The maximum atomic E-state index is 13.1. The predicted molar refractivity (Wildman–Crippen MR) is 120 cm³/mol. The minimum atomic E-state index is -4.45. The molecule has 0 spiro atoms. The number of Topliss-reactive ketones (excluding diaryl/α,β-unsaturated/α-hetero) is 2. The third-order valence-electron chi connectivity index (χ3n) is 5.99. The average Bonchev–Trinajstić information content (AvgIpc) is 2.73. The lowest BCUT2D eigenvalue weighted by atomic mass is 9.73. The third-order valence-corrected chi connectivity index (χ3v) is 7.01. The Balaban J connectivity index is 1.64. The zero-order chi connectivity index (χ0) is 23.5. The molecule has 7 heteroatoms. The molecule has 0 radical (unpaired) electrons. The third kappa shape index (κ3) is 5.61. The summed E-state index contributed by atoms with van der Waals surface area (Å²) in [7, 11) is 0. The van der Waals surface area contributed by atoms with E-state index in [1.54, 1.807) is 0 Å². The van der Waals surface area contributed by atoms with Crippen LogP contribution in [-0.4, -0.2) is 22.3 Å². The van der Waals surface area contributed by atoms with Crippen LogP contribution in [0.1, 0.15) is 67.0 Å². The molecule has 1 saturated carbocycles. The summed E-state index contributed by atoms with van der Waals surface area (Å²) in [5.74, 6) is -0.0971. The highest BCUT2D eigenvalue weighted by atomic mass is 32.2. The van der Waals surface area contributed by atoms with Gasteiger partial charge in [-0.1, -0.05) is 31.5 Å². The SMILES string of the molecule is CCc1cc(C)cc(CC)c1C1C(=O)CC(CCSc2ccc(C(F)(F)F)nc2)CC1=O. The highest BCUT2D eigenvalue weighted by Gasteiger charge is 2.38. The van der Waals surface area contributed by atoms with Crippen molar-refractivity contribution in [3.05, 3.63) is 58.4 Å². The van der Waals surface area contributed by atoms with Gasteiger partial charge in [0.15, 0.2) is 0 Å². The van der Waals surface area contributed by atoms with E-state index in [9.17, 15) is 22.8 Å². The Labute approximate surface area is 191 Å². The van der Waals surface area contributed by atoms with E-state index in [2.05, 4.69) is 17.1 Å². The number of hydrogen-bond acceptors (Lipinski definition) is 4. The molecule has 2 aromatic rings. The van der Waals surface area contributed by atoms with Crippen LogP contribution >= 0.6 is 11.8 Å². The Morgan fingerprint density at radius 3 is 2.09 bits per heavy atom. The van der Waals surface area contributed by atoms with Gasteiger partial charge in [-0.3, -0.25) is 14.6 Å². The van der Waals surface area contributed by atoms with E-state index in [1.807, 2.05) is 20.8 Å². The summed E-state index contributed by atoms with van der Waals surface area (Å²) in [6.07, 6.45) is -0.285. The molecule has 1 fully saturated rings. The molecular formula is C25H28F3NO2S. The van der Waals surface area contributed by atoms with Crippen LogP contribution in [0.25, 0.3) is 0 Å². The molecular weight excluding hydrogens is 435 g/mol. The Morgan fingerprint density at radius 2 is 1.62 bits per heavy atom. The maximum absolute atomic E-state index is 13.1. The van der Waals surface area contributed by atoms with Crippen LogP contribution in [0, 0.1) is 12.8 Å². The summed E-state index contributed by atoms with van der Waals surface area (Å²) in [6, 6.07) is 6.54. The summed E-state index contributed by atoms with van der Waals surface area (Å²) in [5.41, 5.74) is 3.31. The van der Waals surface area contributed by atoms with Gasteiger partial charge in [0.2, 0.25) is 0 Å². The standard InChI is InChI=1S/C25H28F3NO2S/c1-4-17-10-15(3)11-18(5-2)23(17)24-20(30)12-16(13-21(24)31)8-9-32-19-6-7-22(29-14-19)25(26,27)28/h6-7,10-11,14,16,24H,4-5,8-9,12-13H2,1-3H3. The normalized spacial score (nSPS) is 19.4. The maximum Gasteiger partial charge on any atom is 0.433 e. The second-order valence-corrected chi connectivity index (χ2v) is 9.53. The van der Waals surface area contributed by atoms with Gasteiger partial charge in [0, 0.05) is 23.9 Å². The number of benzene rings is 1. The van der Waals surface area contributed by atoms with Crippen LogP contribution in [0.3, 0.4) is 0 Å². The smallest absolute Gasteiger partial charge is 0.299 e. The van der Waals surface area contributed by atoms with Gasteiger partial charge in [0.05, 0.1) is 0 Å². The Bertz CT molecular complexity index is 943. The topological polar surface area (TPSA) is 47.0 Å². The summed E-state index contributed by atoms with van der Waals surface area (Å²) in [5, 5.41) is 0. The highest BCUT2D eigenvalue weighted by molar-refractivity contribution is 7.99. The lowest BCUT2D eigenvalue weighted by Crippen LogP contribution is -2.33. The minimum Gasteiger partial charge on any atom is -0.299 e. The minimum absolute atomic E-state index is 0.0132. The van der Waals surface area contributed by atoms with Crippen LogP contribution in [0.2, 0.25) is 0 Å². The van der Waals surface area contributed by atoms with Crippen molar-refractivity contribution in [2.24, 2.45) is 5.92 Å². The number of thioether (sulfide) groups is 1. The van der Waals surface area contributed by atoms with Crippen LogP contribution in [0.15, 0.2) is 35.4 Å². The van der Waals surface area contributed by atoms with E-state index in [1.165, 1.54) is 24.0 Å².